The molecule has 1 aliphatic carbocycles. The fourth-order valence-electron chi connectivity index (χ4n) is 6.96. The molecule has 57 heavy (non-hydrogen) atoms. The largest absolute Gasteiger partial charge is 0.478 e. The van der Waals surface area contributed by atoms with Gasteiger partial charge in [-0.15, -0.1) is 0 Å². The maximum Gasteiger partial charge on any atom is 0.407 e. The fraction of sp³-hybridized carbons (Fsp3) is 0.512. The van der Waals surface area contributed by atoms with Gasteiger partial charge in [0, 0.05) is 12.1 Å². The molecule has 16 heteroatoms. The summed E-state index contributed by atoms with van der Waals surface area (Å²) in [4.78, 5) is 109. The maximum atomic E-state index is 14.5. The lowest BCUT2D eigenvalue weighted by molar-refractivity contribution is -0.164. The van der Waals surface area contributed by atoms with Gasteiger partial charge >= 0.3 is 24.1 Å². The summed E-state index contributed by atoms with van der Waals surface area (Å²) in [6.07, 6.45) is 1.63. The molecule has 0 bridgehead atoms. The number of aryl methyl sites for hydroxylation is 1. The van der Waals surface area contributed by atoms with Gasteiger partial charge in [-0.1, -0.05) is 107 Å². The molecule has 308 valence electrons. The van der Waals surface area contributed by atoms with Gasteiger partial charge < -0.3 is 35.4 Å². The van der Waals surface area contributed by atoms with E-state index >= 15 is 0 Å². The lowest BCUT2D eigenvalue weighted by Crippen LogP contribution is -2.59. The first-order valence-corrected chi connectivity index (χ1v) is 19.4. The number of ether oxygens (including phenoxy) is 2. The summed E-state index contributed by atoms with van der Waals surface area (Å²) in [6, 6.07) is 10.3. The van der Waals surface area contributed by atoms with E-state index in [0.29, 0.717) is 19.3 Å². The van der Waals surface area contributed by atoms with E-state index in [0.717, 1.165) is 35.3 Å². The van der Waals surface area contributed by atoms with Gasteiger partial charge in [0.25, 0.3) is 11.8 Å². The molecule has 3 unspecified atom stereocenters. The van der Waals surface area contributed by atoms with Crippen LogP contribution in [0.4, 0.5) is 9.59 Å². The Labute approximate surface area is 332 Å². The van der Waals surface area contributed by atoms with Crippen LogP contribution in [0.5, 0.6) is 0 Å². The van der Waals surface area contributed by atoms with E-state index in [9.17, 15) is 43.5 Å². The minimum atomic E-state index is -1.65. The van der Waals surface area contributed by atoms with Crippen LogP contribution >= 0.6 is 0 Å². The first-order valence-electron chi connectivity index (χ1n) is 19.4. The molecule has 16 nitrogen and oxygen atoms in total. The maximum absolute atomic E-state index is 14.5. The molecule has 0 aromatic heterocycles. The number of benzene rings is 2. The number of aliphatic carboxylic acids is 1. The molecule has 1 saturated carbocycles. The molecule has 4 rings (SSSR count). The summed E-state index contributed by atoms with van der Waals surface area (Å²) in [5, 5.41) is 16.9. The third-order valence-electron chi connectivity index (χ3n) is 9.79. The smallest absolute Gasteiger partial charge is 0.407 e. The number of esters is 1. The Kier molecular flexibility index (Phi) is 16.1. The van der Waals surface area contributed by atoms with Gasteiger partial charge in [0.15, 0.2) is 0 Å². The zero-order valence-corrected chi connectivity index (χ0v) is 32.9. The number of alkyl carbamates (subject to hydrolysis) is 1. The van der Waals surface area contributed by atoms with Crippen molar-refractivity contribution in [1.29, 1.82) is 0 Å². The number of imide groups is 1. The molecule has 2 aromatic rings. The Morgan fingerprint density at radius 2 is 1.63 bits per heavy atom. The molecule has 2 aromatic carbocycles. The van der Waals surface area contributed by atoms with E-state index < -0.39 is 78.3 Å². The van der Waals surface area contributed by atoms with Gasteiger partial charge in [-0.3, -0.25) is 24.0 Å². The highest BCUT2D eigenvalue weighted by molar-refractivity contribution is 6.38. The molecule has 2 aliphatic rings. The van der Waals surface area contributed by atoms with Crippen LogP contribution in [0, 0.1) is 18.8 Å². The fourth-order valence-corrected chi connectivity index (χ4v) is 6.96. The van der Waals surface area contributed by atoms with E-state index in [2.05, 4.69) is 16.0 Å². The number of nitrogens with zero attached hydrogens (tertiary/aromatic N) is 2. The monoisotopic (exact) mass is 791 g/mol. The van der Waals surface area contributed by atoms with Crippen molar-refractivity contribution in [1.82, 2.24) is 25.8 Å². The van der Waals surface area contributed by atoms with Crippen molar-refractivity contribution < 1.29 is 52.9 Å². The van der Waals surface area contributed by atoms with Crippen LogP contribution in [0.2, 0.25) is 0 Å². The molecule has 0 spiro atoms. The van der Waals surface area contributed by atoms with Crippen LogP contribution in [-0.2, 0) is 44.8 Å². The molecular formula is C41H53N5O11. The van der Waals surface area contributed by atoms with Gasteiger partial charge in [-0.05, 0) is 43.6 Å². The molecule has 1 aliphatic heterocycles. The number of hydrogen-bond donors (Lipinski definition) is 4. The van der Waals surface area contributed by atoms with E-state index in [4.69, 9.17) is 9.47 Å². The normalized spacial score (nSPS) is 17.3. The molecule has 4 N–H and O–H groups in total. The number of amides is 6. The van der Waals surface area contributed by atoms with E-state index in [1.54, 1.807) is 25.1 Å². The number of ketones is 1. The van der Waals surface area contributed by atoms with Crippen molar-refractivity contribution in [2.45, 2.75) is 103 Å². The number of carbonyl (C=O) groups excluding carboxylic acids is 7. The van der Waals surface area contributed by atoms with Crippen LogP contribution in [0.15, 0.2) is 54.6 Å². The molecule has 6 amide bonds. The highest BCUT2D eigenvalue weighted by Gasteiger charge is 2.49. The SMILES string of the molecule is CCCC(NC(=O)C1CN(Cc2cccc(C)c2)C(=O)N1C(=O)C(NC(=O)OCC(C)C)C1CCCCC1)C(=O)C(=O)NCC(=O)O[C@H](C(=O)O)c1ccccc1. The number of Topliss-reactive ketones (excluding diaryl/α,β-unsaturated/α-hetero) is 1. The Bertz CT molecular complexity index is 1780. The standard InChI is InChI=1S/C41H53N5O11/c1-5-13-30(34(48)37(50)42-21-32(47)57-35(39(52)53)29-18-10-7-11-19-29)43-36(49)31-23-45(22-27-15-12-14-26(4)20-27)41(55)46(31)38(51)33(28-16-8-6-9-17-28)44-40(54)56-24-25(2)3/h7,10-12,14-15,18-20,25,28,30-31,33,35H,5-6,8-9,13,16-17,21-24H2,1-4H3,(H,42,50)(H,43,49)(H,44,54)(H,52,53)/t30?,31?,33?,35-/m0/s1. The number of hydrogen-bond acceptors (Lipinski definition) is 10. The van der Waals surface area contributed by atoms with Crippen LogP contribution in [-0.4, -0.2) is 100 Å². The number of carbonyl (C=O) groups is 8. The summed E-state index contributed by atoms with van der Waals surface area (Å²) in [5.41, 5.74) is 1.88. The Morgan fingerprint density at radius 3 is 2.26 bits per heavy atom. The quantitative estimate of drug-likeness (QED) is 0.126. The summed E-state index contributed by atoms with van der Waals surface area (Å²) in [7, 11) is 0. The average Bonchev–Trinajstić information content (AvgIpc) is 3.52. The molecule has 2 fully saturated rings. The lowest BCUT2D eigenvalue weighted by atomic mass is 9.83. The van der Waals surface area contributed by atoms with Crippen LogP contribution in [0.3, 0.4) is 0 Å². The number of carboxylic acid groups (broad SMARTS) is 1. The van der Waals surface area contributed by atoms with Crippen molar-refractivity contribution in [2.75, 3.05) is 19.7 Å². The Morgan fingerprint density at radius 1 is 0.930 bits per heavy atom. The first-order chi connectivity index (χ1) is 27.2. The number of carboxylic acids is 1. The highest BCUT2D eigenvalue weighted by atomic mass is 16.6. The van der Waals surface area contributed by atoms with E-state index in [1.807, 2.05) is 45.0 Å². The van der Waals surface area contributed by atoms with Gasteiger partial charge in [0.05, 0.1) is 19.2 Å². The van der Waals surface area contributed by atoms with Crippen molar-refractivity contribution in [3.05, 3.63) is 71.3 Å². The van der Waals surface area contributed by atoms with E-state index in [1.165, 1.54) is 17.0 Å². The second-order valence-electron chi connectivity index (χ2n) is 14.9. The van der Waals surface area contributed by atoms with Crippen LogP contribution in [0.1, 0.15) is 88.5 Å². The molecule has 1 heterocycles. The van der Waals surface area contributed by atoms with Gasteiger partial charge in [-0.2, -0.15) is 0 Å². The average molecular weight is 792 g/mol. The van der Waals surface area contributed by atoms with Crippen LogP contribution < -0.4 is 16.0 Å². The van der Waals surface area contributed by atoms with Crippen molar-refractivity contribution in [3.8, 4) is 0 Å². The molecule has 1 saturated heterocycles. The number of rotatable bonds is 18. The third kappa shape index (κ3) is 12.3. The first kappa shape index (κ1) is 43.9. The van der Waals surface area contributed by atoms with Crippen LogP contribution in [0.25, 0.3) is 0 Å². The van der Waals surface area contributed by atoms with Crippen molar-refractivity contribution >= 4 is 47.6 Å². The second-order valence-corrected chi connectivity index (χ2v) is 14.9. The predicted octanol–water partition coefficient (Wildman–Crippen LogP) is 3.80. The predicted molar refractivity (Wildman–Crippen MR) is 205 cm³/mol. The Balaban J connectivity index is 1.54. The zero-order valence-electron chi connectivity index (χ0n) is 32.9. The van der Waals surface area contributed by atoms with Crippen molar-refractivity contribution in [3.63, 3.8) is 0 Å². The molecular weight excluding hydrogens is 738 g/mol. The van der Waals surface area contributed by atoms with Gasteiger partial charge in [0.1, 0.15) is 18.6 Å². The third-order valence-corrected chi connectivity index (χ3v) is 9.79. The second kappa shape index (κ2) is 20.9. The topological polar surface area (TPSA) is 218 Å². The summed E-state index contributed by atoms with van der Waals surface area (Å²) in [6.45, 7) is 6.43. The molecule has 4 atom stereocenters. The summed E-state index contributed by atoms with van der Waals surface area (Å²) in [5.74, 6) is -6.87. The highest BCUT2D eigenvalue weighted by Crippen LogP contribution is 2.30. The zero-order chi connectivity index (χ0) is 41.6. The summed E-state index contributed by atoms with van der Waals surface area (Å²) < 4.78 is 10.4. The lowest BCUT2D eigenvalue weighted by Gasteiger charge is -2.33. The van der Waals surface area contributed by atoms with Gasteiger partial charge in [0.2, 0.25) is 17.8 Å². The van der Waals surface area contributed by atoms with Crippen molar-refractivity contribution in [2.24, 2.45) is 11.8 Å². The summed E-state index contributed by atoms with van der Waals surface area (Å²) >= 11 is 0. The minimum Gasteiger partial charge on any atom is -0.478 e. The Hall–Kier alpha value is -5.80. The van der Waals surface area contributed by atoms with Gasteiger partial charge in [-0.25, -0.2) is 19.3 Å². The minimum absolute atomic E-state index is 0.00684. The molecule has 0 radical (unpaired) electrons. The number of nitrogens with one attached hydrogen (secondary N) is 3. The van der Waals surface area contributed by atoms with E-state index in [-0.39, 0.29) is 43.5 Å². The number of urea groups is 1.